The molecule has 0 aliphatic carbocycles. The molecule has 0 aromatic heterocycles. The molecule has 0 saturated heterocycles. The van der Waals surface area contributed by atoms with Crippen LogP contribution in [-0.4, -0.2) is 25.8 Å². The molecular formula is C15H18O4. The summed E-state index contributed by atoms with van der Waals surface area (Å²) in [5, 5.41) is 0. The van der Waals surface area contributed by atoms with Crippen LogP contribution in [0.4, 0.5) is 0 Å². The number of esters is 1. The van der Waals surface area contributed by atoms with Crippen molar-refractivity contribution in [1.29, 1.82) is 0 Å². The van der Waals surface area contributed by atoms with Crippen LogP contribution in [0.25, 0.3) is 6.08 Å². The number of hydrogen-bond acceptors (Lipinski definition) is 4. The first-order chi connectivity index (χ1) is 8.89. The van der Waals surface area contributed by atoms with Gasteiger partial charge in [0.2, 0.25) is 0 Å². The second-order valence-corrected chi connectivity index (χ2v) is 5.04. The van der Waals surface area contributed by atoms with Crippen LogP contribution in [0.1, 0.15) is 35.3 Å². The fraction of sp³-hybridized carbons (Fsp3) is 0.400. The summed E-state index contributed by atoms with van der Waals surface area (Å²) in [7, 11) is 2.96. The maximum atomic E-state index is 11.9. The summed E-state index contributed by atoms with van der Waals surface area (Å²) in [6.07, 6.45) is 3.86. The zero-order valence-corrected chi connectivity index (χ0v) is 11.9. The van der Waals surface area contributed by atoms with Crippen LogP contribution < -0.4 is 9.47 Å². The van der Waals surface area contributed by atoms with Crippen molar-refractivity contribution in [3.63, 3.8) is 0 Å². The Labute approximate surface area is 113 Å². The molecule has 102 valence electrons. The highest BCUT2D eigenvalue weighted by atomic mass is 16.5. The van der Waals surface area contributed by atoms with E-state index in [0.29, 0.717) is 17.1 Å². The van der Waals surface area contributed by atoms with Gasteiger partial charge in [0.15, 0.2) is 0 Å². The van der Waals surface area contributed by atoms with E-state index in [1.807, 2.05) is 39.0 Å². The maximum absolute atomic E-state index is 11.9. The zero-order chi connectivity index (χ0) is 14.2. The molecular weight excluding hydrogens is 244 g/mol. The molecule has 0 saturated carbocycles. The van der Waals surface area contributed by atoms with Crippen LogP contribution in [0.15, 0.2) is 12.1 Å². The number of methoxy groups -OCH3 is 2. The highest BCUT2D eigenvalue weighted by molar-refractivity contribution is 5.96. The fourth-order valence-electron chi connectivity index (χ4n) is 2.14. The Morgan fingerprint density at radius 3 is 2.58 bits per heavy atom. The molecule has 0 bridgehead atoms. The van der Waals surface area contributed by atoms with E-state index in [1.54, 1.807) is 7.11 Å². The Kier molecular flexibility index (Phi) is 3.27. The van der Waals surface area contributed by atoms with Crippen molar-refractivity contribution in [3.8, 4) is 11.5 Å². The first kappa shape index (κ1) is 13.5. The lowest BCUT2D eigenvalue weighted by Crippen LogP contribution is -2.29. The van der Waals surface area contributed by atoms with Crippen molar-refractivity contribution in [3.05, 3.63) is 28.8 Å². The second kappa shape index (κ2) is 4.61. The van der Waals surface area contributed by atoms with Crippen molar-refractivity contribution in [2.75, 3.05) is 14.2 Å². The average Bonchev–Trinajstić information content (AvgIpc) is 2.35. The summed E-state index contributed by atoms with van der Waals surface area (Å²) in [6, 6.07) is 1.82. The van der Waals surface area contributed by atoms with E-state index < -0.39 is 11.6 Å². The smallest absolute Gasteiger partial charge is 0.341 e. The molecule has 0 fully saturated rings. The van der Waals surface area contributed by atoms with Gasteiger partial charge in [0, 0.05) is 0 Å². The molecule has 2 rings (SSSR count). The van der Waals surface area contributed by atoms with Gasteiger partial charge in [-0.1, -0.05) is 0 Å². The van der Waals surface area contributed by atoms with E-state index >= 15 is 0 Å². The van der Waals surface area contributed by atoms with E-state index in [1.165, 1.54) is 7.11 Å². The molecule has 0 spiro atoms. The number of fused-ring (bicyclic) bond motifs is 1. The molecule has 1 aromatic rings. The van der Waals surface area contributed by atoms with E-state index in [0.717, 1.165) is 11.1 Å². The van der Waals surface area contributed by atoms with Crippen molar-refractivity contribution in [1.82, 2.24) is 0 Å². The van der Waals surface area contributed by atoms with Crippen molar-refractivity contribution in [2.45, 2.75) is 26.4 Å². The van der Waals surface area contributed by atoms with Crippen LogP contribution in [0.5, 0.6) is 11.5 Å². The Hall–Kier alpha value is -1.97. The maximum Gasteiger partial charge on any atom is 0.341 e. The predicted molar refractivity (Wildman–Crippen MR) is 72.8 cm³/mol. The van der Waals surface area contributed by atoms with Gasteiger partial charge in [-0.05, 0) is 44.6 Å². The van der Waals surface area contributed by atoms with E-state index in [-0.39, 0.29) is 0 Å². The molecule has 19 heavy (non-hydrogen) atoms. The molecule has 4 heteroatoms. The van der Waals surface area contributed by atoms with E-state index in [4.69, 9.17) is 14.2 Å². The molecule has 1 aromatic carbocycles. The van der Waals surface area contributed by atoms with Gasteiger partial charge in [0.05, 0.1) is 19.8 Å². The number of rotatable bonds is 2. The van der Waals surface area contributed by atoms with Crippen molar-refractivity contribution >= 4 is 12.0 Å². The topological polar surface area (TPSA) is 44.8 Å². The Morgan fingerprint density at radius 1 is 1.32 bits per heavy atom. The SMILES string of the molecule is COC(=O)c1c(C)cc(OC)c2c1OC(C)(C)C=C2. The lowest BCUT2D eigenvalue weighted by molar-refractivity contribution is 0.0588. The van der Waals surface area contributed by atoms with Crippen LogP contribution in [0.2, 0.25) is 0 Å². The molecule has 0 N–H and O–H groups in total. The number of benzene rings is 1. The summed E-state index contributed by atoms with van der Waals surface area (Å²) in [5.74, 6) is 0.811. The van der Waals surface area contributed by atoms with Gasteiger partial charge in [-0.15, -0.1) is 0 Å². The Morgan fingerprint density at radius 2 is 2.00 bits per heavy atom. The predicted octanol–water partition coefficient (Wildman–Crippen LogP) is 2.97. The van der Waals surface area contributed by atoms with E-state index in [2.05, 4.69) is 0 Å². The van der Waals surface area contributed by atoms with Gasteiger partial charge in [-0.25, -0.2) is 4.79 Å². The summed E-state index contributed by atoms with van der Waals surface area (Å²) < 4.78 is 16.1. The molecule has 0 amide bonds. The minimum atomic E-state index is -0.464. The van der Waals surface area contributed by atoms with Gasteiger partial charge in [0.25, 0.3) is 0 Å². The van der Waals surface area contributed by atoms with Crippen molar-refractivity contribution in [2.24, 2.45) is 0 Å². The standard InChI is InChI=1S/C15H18O4/c1-9-8-11(17-4)10-6-7-15(2,3)19-13(10)12(9)14(16)18-5/h6-8H,1-5H3. The highest BCUT2D eigenvalue weighted by Crippen LogP contribution is 2.41. The molecule has 0 unspecified atom stereocenters. The van der Waals surface area contributed by atoms with Crippen LogP contribution >= 0.6 is 0 Å². The van der Waals surface area contributed by atoms with Gasteiger partial charge >= 0.3 is 5.97 Å². The molecule has 1 aliphatic rings. The molecule has 1 heterocycles. The van der Waals surface area contributed by atoms with Crippen molar-refractivity contribution < 1.29 is 19.0 Å². The first-order valence-electron chi connectivity index (χ1n) is 6.08. The second-order valence-electron chi connectivity index (χ2n) is 5.04. The third kappa shape index (κ3) is 2.30. The summed E-state index contributed by atoms with van der Waals surface area (Å²) >= 11 is 0. The largest absolute Gasteiger partial charge is 0.496 e. The highest BCUT2D eigenvalue weighted by Gasteiger charge is 2.30. The van der Waals surface area contributed by atoms with Crippen LogP contribution in [0.3, 0.4) is 0 Å². The first-order valence-corrected chi connectivity index (χ1v) is 6.08. The summed E-state index contributed by atoms with van der Waals surface area (Å²) in [5.41, 5.74) is 1.53. The number of aryl methyl sites for hydroxylation is 1. The summed E-state index contributed by atoms with van der Waals surface area (Å²) in [6.45, 7) is 5.70. The lowest BCUT2D eigenvalue weighted by atomic mass is 9.96. The quantitative estimate of drug-likeness (QED) is 0.769. The summed E-state index contributed by atoms with van der Waals surface area (Å²) in [4.78, 5) is 11.9. The normalized spacial score (nSPS) is 15.4. The fourth-order valence-corrected chi connectivity index (χ4v) is 2.14. The van der Waals surface area contributed by atoms with Gasteiger partial charge in [0.1, 0.15) is 22.7 Å². The minimum Gasteiger partial charge on any atom is -0.496 e. The lowest BCUT2D eigenvalue weighted by Gasteiger charge is -2.30. The number of carbonyl (C=O) groups excluding carboxylic acids is 1. The van der Waals surface area contributed by atoms with Crippen LogP contribution in [-0.2, 0) is 4.74 Å². The average molecular weight is 262 g/mol. The van der Waals surface area contributed by atoms with Crippen LogP contribution in [0, 0.1) is 6.92 Å². The number of carbonyl (C=O) groups is 1. The molecule has 0 atom stereocenters. The van der Waals surface area contributed by atoms with E-state index in [9.17, 15) is 4.79 Å². The Balaban J connectivity index is 2.71. The van der Waals surface area contributed by atoms with Gasteiger partial charge < -0.3 is 14.2 Å². The molecule has 1 aliphatic heterocycles. The number of ether oxygens (including phenoxy) is 3. The third-order valence-electron chi connectivity index (χ3n) is 3.11. The minimum absolute atomic E-state index is 0.400. The zero-order valence-electron chi connectivity index (χ0n) is 11.9. The van der Waals surface area contributed by atoms with Gasteiger partial charge in [-0.2, -0.15) is 0 Å². The molecule has 0 radical (unpaired) electrons. The third-order valence-corrected chi connectivity index (χ3v) is 3.11. The monoisotopic (exact) mass is 262 g/mol. The molecule has 4 nitrogen and oxygen atoms in total. The van der Waals surface area contributed by atoms with Gasteiger partial charge in [-0.3, -0.25) is 0 Å². The Bertz CT molecular complexity index is 556. The number of hydrogen-bond donors (Lipinski definition) is 0.